The summed E-state index contributed by atoms with van der Waals surface area (Å²) < 4.78 is 5.43. The van der Waals surface area contributed by atoms with Crippen LogP contribution in [0, 0.1) is 0 Å². The van der Waals surface area contributed by atoms with Crippen LogP contribution in [0.3, 0.4) is 0 Å². The van der Waals surface area contributed by atoms with Crippen LogP contribution >= 0.6 is 11.6 Å². The number of aromatic hydroxyl groups is 1. The third-order valence-corrected chi connectivity index (χ3v) is 5.35. The summed E-state index contributed by atoms with van der Waals surface area (Å²) in [5.41, 5.74) is 1.26. The zero-order valence-electron chi connectivity index (χ0n) is 16.4. The Kier molecular flexibility index (Phi) is 6.65. The van der Waals surface area contributed by atoms with Crippen molar-refractivity contribution in [3.05, 3.63) is 52.8 Å². The molecule has 1 amide bonds. The minimum atomic E-state index is -0.186. The van der Waals surface area contributed by atoms with Gasteiger partial charge in [0.1, 0.15) is 5.75 Å². The fourth-order valence-electron chi connectivity index (χ4n) is 3.51. The molecular formula is C21H28ClN3O3. The van der Waals surface area contributed by atoms with Crippen molar-refractivity contribution in [2.75, 3.05) is 39.4 Å². The second kappa shape index (κ2) is 8.99. The predicted molar refractivity (Wildman–Crippen MR) is 110 cm³/mol. The van der Waals surface area contributed by atoms with E-state index < -0.39 is 0 Å². The molecule has 2 N–H and O–H groups in total. The zero-order chi connectivity index (χ0) is 20.1. The SMILES string of the molecule is CC(C)(CN1CCOCC1)N1C=CC(NC(=O)Cc2cc(Cl)ccc2O)=CC1. The van der Waals surface area contributed by atoms with Gasteiger partial charge in [-0.2, -0.15) is 0 Å². The quantitative estimate of drug-likeness (QED) is 0.761. The van der Waals surface area contributed by atoms with Gasteiger partial charge in [-0.25, -0.2) is 0 Å². The van der Waals surface area contributed by atoms with Gasteiger partial charge < -0.3 is 20.1 Å². The highest BCUT2D eigenvalue weighted by molar-refractivity contribution is 6.30. The van der Waals surface area contributed by atoms with E-state index in [1.807, 2.05) is 18.4 Å². The van der Waals surface area contributed by atoms with Gasteiger partial charge in [-0.05, 0) is 44.2 Å². The first-order valence-corrected chi connectivity index (χ1v) is 9.94. The van der Waals surface area contributed by atoms with Crippen molar-refractivity contribution >= 4 is 17.5 Å². The van der Waals surface area contributed by atoms with E-state index in [0.29, 0.717) is 10.6 Å². The minimum Gasteiger partial charge on any atom is -0.508 e. The molecule has 3 rings (SSSR count). The van der Waals surface area contributed by atoms with Crippen molar-refractivity contribution in [3.63, 3.8) is 0 Å². The number of morpholine rings is 1. The van der Waals surface area contributed by atoms with Gasteiger partial charge in [-0.1, -0.05) is 11.6 Å². The molecule has 0 atom stereocenters. The molecule has 28 heavy (non-hydrogen) atoms. The summed E-state index contributed by atoms with van der Waals surface area (Å²) in [6, 6.07) is 4.70. The van der Waals surface area contributed by atoms with Gasteiger partial charge in [0, 0.05) is 54.2 Å². The van der Waals surface area contributed by atoms with Crippen molar-refractivity contribution in [1.29, 1.82) is 0 Å². The summed E-state index contributed by atoms with van der Waals surface area (Å²) in [6.45, 7) is 9.67. The summed E-state index contributed by atoms with van der Waals surface area (Å²) in [5, 5.41) is 13.3. The minimum absolute atomic E-state index is 0.0214. The van der Waals surface area contributed by atoms with Gasteiger partial charge in [0.25, 0.3) is 0 Å². The average Bonchev–Trinajstić information content (AvgIpc) is 2.65. The first-order chi connectivity index (χ1) is 13.3. The van der Waals surface area contributed by atoms with Crippen LogP contribution in [0.2, 0.25) is 5.02 Å². The van der Waals surface area contributed by atoms with Crippen LogP contribution in [-0.4, -0.2) is 65.7 Å². The molecule has 0 aromatic heterocycles. The standard InChI is InChI=1S/C21H28ClN3O3/c1-21(2,15-24-9-11-28-12-10-24)25-7-5-18(6-8-25)23-20(27)14-16-13-17(22)3-4-19(16)26/h3-7,13,26H,8-12,14-15H2,1-2H3,(H,23,27). The molecule has 1 fully saturated rings. The number of carbonyl (C=O) groups excluding carboxylic acids is 1. The van der Waals surface area contributed by atoms with Gasteiger partial charge in [0.2, 0.25) is 5.91 Å². The highest BCUT2D eigenvalue weighted by Gasteiger charge is 2.28. The van der Waals surface area contributed by atoms with E-state index in [0.717, 1.165) is 45.1 Å². The van der Waals surface area contributed by atoms with E-state index >= 15 is 0 Å². The van der Waals surface area contributed by atoms with Gasteiger partial charge in [0.15, 0.2) is 0 Å². The Morgan fingerprint density at radius 2 is 2.07 bits per heavy atom. The maximum absolute atomic E-state index is 12.3. The van der Waals surface area contributed by atoms with Gasteiger partial charge >= 0.3 is 0 Å². The predicted octanol–water partition coefficient (Wildman–Crippen LogP) is 2.53. The normalized spacial score (nSPS) is 18.1. The molecule has 7 heteroatoms. The van der Waals surface area contributed by atoms with E-state index in [9.17, 15) is 9.90 Å². The van der Waals surface area contributed by atoms with Crippen LogP contribution in [0.4, 0.5) is 0 Å². The second-order valence-electron chi connectivity index (χ2n) is 7.83. The molecule has 2 aliphatic rings. The number of benzene rings is 1. The number of carbonyl (C=O) groups is 1. The van der Waals surface area contributed by atoms with Gasteiger partial charge in [-0.15, -0.1) is 0 Å². The lowest BCUT2D eigenvalue weighted by atomic mass is 10.0. The summed E-state index contributed by atoms with van der Waals surface area (Å²) in [7, 11) is 0. The van der Waals surface area contributed by atoms with Crippen LogP contribution in [0.15, 0.2) is 42.2 Å². The van der Waals surface area contributed by atoms with Gasteiger partial charge in [0.05, 0.1) is 19.6 Å². The van der Waals surface area contributed by atoms with Gasteiger partial charge in [-0.3, -0.25) is 9.69 Å². The highest BCUT2D eigenvalue weighted by atomic mass is 35.5. The molecule has 152 valence electrons. The Labute approximate surface area is 171 Å². The summed E-state index contributed by atoms with van der Waals surface area (Å²) in [4.78, 5) is 17.0. The van der Waals surface area contributed by atoms with Crippen LogP contribution < -0.4 is 5.32 Å². The number of phenolic OH excluding ortho intramolecular Hbond substituents is 1. The number of allylic oxidation sites excluding steroid dienone is 1. The fourth-order valence-corrected chi connectivity index (χ4v) is 3.70. The molecule has 1 saturated heterocycles. The first-order valence-electron chi connectivity index (χ1n) is 9.56. The number of nitrogens with one attached hydrogen (secondary N) is 1. The highest BCUT2D eigenvalue weighted by Crippen LogP contribution is 2.23. The van der Waals surface area contributed by atoms with E-state index in [4.69, 9.17) is 16.3 Å². The smallest absolute Gasteiger partial charge is 0.228 e. The zero-order valence-corrected chi connectivity index (χ0v) is 17.2. The monoisotopic (exact) mass is 405 g/mol. The lowest BCUT2D eigenvalue weighted by Gasteiger charge is -2.43. The molecule has 0 aliphatic carbocycles. The van der Waals surface area contributed by atoms with Crippen molar-refractivity contribution in [1.82, 2.24) is 15.1 Å². The number of rotatable bonds is 6. The molecule has 0 spiro atoms. The Morgan fingerprint density at radius 1 is 1.32 bits per heavy atom. The number of amides is 1. The van der Waals surface area contributed by atoms with Crippen molar-refractivity contribution in [2.45, 2.75) is 25.8 Å². The lowest BCUT2D eigenvalue weighted by molar-refractivity contribution is -0.119. The molecule has 0 saturated carbocycles. The Bertz CT molecular complexity index is 770. The van der Waals surface area contributed by atoms with Crippen molar-refractivity contribution < 1.29 is 14.6 Å². The van der Waals surface area contributed by atoms with E-state index in [1.54, 1.807) is 12.1 Å². The molecule has 1 aromatic carbocycles. The molecule has 2 heterocycles. The lowest BCUT2D eigenvalue weighted by Crippen LogP contribution is -2.52. The molecule has 6 nitrogen and oxygen atoms in total. The summed E-state index contributed by atoms with van der Waals surface area (Å²) in [5.74, 6) is -0.113. The molecule has 2 aliphatic heterocycles. The molecular weight excluding hydrogens is 378 g/mol. The molecule has 0 radical (unpaired) electrons. The molecule has 0 unspecified atom stereocenters. The number of phenols is 1. The van der Waals surface area contributed by atoms with Crippen LogP contribution in [0.1, 0.15) is 19.4 Å². The Hall–Kier alpha value is -2.02. The summed E-state index contributed by atoms with van der Waals surface area (Å²) >= 11 is 5.94. The van der Waals surface area contributed by atoms with Crippen LogP contribution in [0.5, 0.6) is 5.75 Å². The maximum Gasteiger partial charge on any atom is 0.228 e. The third kappa shape index (κ3) is 5.50. The molecule has 0 bridgehead atoms. The molecule has 1 aromatic rings. The maximum atomic E-state index is 12.3. The number of hydrogen-bond donors (Lipinski definition) is 2. The third-order valence-electron chi connectivity index (χ3n) is 5.11. The average molecular weight is 406 g/mol. The van der Waals surface area contributed by atoms with Crippen molar-refractivity contribution in [3.8, 4) is 5.75 Å². The van der Waals surface area contributed by atoms with Crippen molar-refractivity contribution in [2.24, 2.45) is 0 Å². The summed E-state index contributed by atoms with van der Waals surface area (Å²) in [6.07, 6.45) is 6.04. The topological polar surface area (TPSA) is 65.0 Å². The number of halogens is 1. The largest absolute Gasteiger partial charge is 0.508 e. The van der Waals surface area contributed by atoms with Crippen LogP contribution in [-0.2, 0) is 16.0 Å². The van der Waals surface area contributed by atoms with E-state index in [2.05, 4.69) is 29.0 Å². The Morgan fingerprint density at radius 3 is 2.75 bits per heavy atom. The number of ether oxygens (including phenoxy) is 1. The fraction of sp³-hybridized carbons (Fsp3) is 0.476. The number of nitrogens with zero attached hydrogens (tertiary/aromatic N) is 2. The Balaban J connectivity index is 1.52. The second-order valence-corrected chi connectivity index (χ2v) is 8.26. The van der Waals surface area contributed by atoms with Crippen LogP contribution in [0.25, 0.3) is 0 Å². The van der Waals surface area contributed by atoms with E-state index in [1.165, 1.54) is 6.07 Å². The first kappa shape index (κ1) is 20.7. The van der Waals surface area contributed by atoms with E-state index in [-0.39, 0.29) is 23.6 Å². The number of hydrogen-bond acceptors (Lipinski definition) is 5.